The Morgan fingerprint density at radius 2 is 1.91 bits per heavy atom. The number of anilines is 1. The van der Waals surface area contributed by atoms with E-state index in [2.05, 4.69) is 20.9 Å². The molecule has 3 amide bonds. The van der Waals surface area contributed by atoms with Gasteiger partial charge >= 0.3 is 6.18 Å². The highest BCUT2D eigenvalue weighted by Crippen LogP contribution is 2.37. The van der Waals surface area contributed by atoms with Crippen molar-refractivity contribution in [1.82, 2.24) is 20.2 Å². The summed E-state index contributed by atoms with van der Waals surface area (Å²) < 4.78 is 54.5. The Morgan fingerprint density at radius 1 is 1.17 bits per heavy atom. The summed E-state index contributed by atoms with van der Waals surface area (Å²) in [6.07, 6.45) is -3.85. The summed E-state index contributed by atoms with van der Waals surface area (Å²) >= 11 is 6.24. The normalized spacial score (nSPS) is 15.3. The third-order valence-corrected chi connectivity index (χ3v) is 5.66. The molecule has 3 aromatic rings. The molecule has 0 bridgehead atoms. The van der Waals surface area contributed by atoms with E-state index in [1.54, 1.807) is 0 Å². The maximum Gasteiger partial charge on any atom is 0.416 e. The first-order valence-corrected chi connectivity index (χ1v) is 10.4. The summed E-state index contributed by atoms with van der Waals surface area (Å²) in [5, 5.41) is 7.62. The van der Waals surface area contributed by atoms with Gasteiger partial charge in [-0.1, -0.05) is 11.6 Å². The van der Waals surface area contributed by atoms with Crippen LogP contribution in [0.5, 0.6) is 0 Å². The quantitative estimate of drug-likeness (QED) is 0.468. The molecule has 0 spiro atoms. The Hall–Kier alpha value is -3.93. The average molecular weight is 510 g/mol. The third kappa shape index (κ3) is 4.69. The van der Waals surface area contributed by atoms with Crippen molar-refractivity contribution < 1.29 is 31.9 Å². The van der Waals surface area contributed by atoms with E-state index >= 15 is 0 Å². The van der Waals surface area contributed by atoms with Gasteiger partial charge in [-0.3, -0.25) is 19.4 Å². The number of rotatable bonds is 4. The monoisotopic (exact) mass is 509 g/mol. The van der Waals surface area contributed by atoms with Gasteiger partial charge in [-0.05, 0) is 36.4 Å². The summed E-state index contributed by atoms with van der Waals surface area (Å²) in [7, 11) is 1.36. The lowest BCUT2D eigenvalue weighted by Gasteiger charge is -2.29. The van der Waals surface area contributed by atoms with Crippen LogP contribution in [0.2, 0.25) is 5.02 Å². The lowest BCUT2D eigenvalue weighted by molar-refractivity contribution is -0.137. The molecule has 8 nitrogen and oxygen atoms in total. The number of fused-ring (bicyclic) bond motifs is 1. The van der Waals surface area contributed by atoms with E-state index < -0.39 is 47.0 Å². The molecule has 2 aromatic heterocycles. The zero-order valence-corrected chi connectivity index (χ0v) is 18.6. The van der Waals surface area contributed by atoms with Crippen molar-refractivity contribution in [3.05, 3.63) is 81.6 Å². The fourth-order valence-corrected chi connectivity index (χ4v) is 3.99. The van der Waals surface area contributed by atoms with Crippen LogP contribution in [0.25, 0.3) is 0 Å². The van der Waals surface area contributed by atoms with E-state index in [1.165, 1.54) is 23.7 Å². The Bertz CT molecular complexity index is 1360. The van der Waals surface area contributed by atoms with Gasteiger partial charge in [-0.25, -0.2) is 4.39 Å². The van der Waals surface area contributed by atoms with Crippen LogP contribution in [-0.4, -0.2) is 34.3 Å². The summed E-state index contributed by atoms with van der Waals surface area (Å²) in [4.78, 5) is 41.5. The smallest absolute Gasteiger partial charge is 0.354 e. The van der Waals surface area contributed by atoms with Gasteiger partial charge in [-0.2, -0.15) is 13.2 Å². The van der Waals surface area contributed by atoms with Crippen LogP contribution in [0, 0.1) is 5.82 Å². The summed E-state index contributed by atoms with van der Waals surface area (Å²) in [6, 6.07) is 4.98. The van der Waals surface area contributed by atoms with E-state index in [4.69, 9.17) is 11.6 Å². The number of nitrogens with zero attached hydrogens (tertiary/aromatic N) is 2. The van der Waals surface area contributed by atoms with Gasteiger partial charge in [0.25, 0.3) is 11.8 Å². The fourth-order valence-electron chi connectivity index (χ4n) is 3.76. The molecule has 1 aliphatic rings. The number of benzene rings is 1. The van der Waals surface area contributed by atoms with Gasteiger partial charge in [0.1, 0.15) is 23.7 Å². The molecule has 4 rings (SSSR count). The molecule has 13 heteroatoms. The molecule has 3 N–H and O–H groups in total. The van der Waals surface area contributed by atoms with E-state index in [-0.39, 0.29) is 34.2 Å². The largest absolute Gasteiger partial charge is 0.416 e. The molecule has 1 aromatic carbocycles. The Kier molecular flexibility index (Phi) is 6.24. The Balaban J connectivity index is 1.83. The fraction of sp³-hybridized carbons (Fsp3) is 0.182. The number of hydrogen-bond acceptors (Lipinski definition) is 4. The van der Waals surface area contributed by atoms with Gasteiger partial charge in [0, 0.05) is 23.8 Å². The van der Waals surface area contributed by atoms with Crippen LogP contribution in [-0.2, 0) is 17.5 Å². The van der Waals surface area contributed by atoms with Crippen LogP contribution in [0.15, 0.2) is 42.6 Å². The Morgan fingerprint density at radius 3 is 2.60 bits per heavy atom. The van der Waals surface area contributed by atoms with Crippen molar-refractivity contribution in [3.63, 3.8) is 0 Å². The molecular weight excluding hydrogens is 494 g/mol. The standard InChI is InChI=1S/C22H16ClF4N5O3/c1-28-21(35)16-8-14(30-20(34)15-6-10(4-5-29-15)22(25,26)27)19-18(31-17(33)9-32(16)19)12-7-11(24)2-3-13(12)23/h2-8,18H,9H2,1H3,(H,28,35)(H,30,34)(H,31,33)/t18-/m1/s1. The van der Waals surface area contributed by atoms with Crippen LogP contribution in [0.1, 0.15) is 43.8 Å². The lowest BCUT2D eigenvalue weighted by Crippen LogP contribution is -2.41. The third-order valence-electron chi connectivity index (χ3n) is 5.32. The highest BCUT2D eigenvalue weighted by atomic mass is 35.5. The predicted octanol–water partition coefficient (Wildman–Crippen LogP) is 3.53. The van der Waals surface area contributed by atoms with Gasteiger partial charge < -0.3 is 20.5 Å². The molecule has 0 aliphatic carbocycles. The molecule has 1 aliphatic heterocycles. The lowest BCUT2D eigenvalue weighted by atomic mass is 10.0. The van der Waals surface area contributed by atoms with Gasteiger partial charge in [0.05, 0.1) is 23.0 Å². The molecule has 0 fully saturated rings. The van der Waals surface area contributed by atoms with E-state index in [9.17, 15) is 31.9 Å². The second-order valence-electron chi connectivity index (χ2n) is 7.54. The first kappa shape index (κ1) is 24.2. The van der Waals surface area contributed by atoms with Crippen molar-refractivity contribution in [3.8, 4) is 0 Å². The number of aromatic nitrogens is 2. The van der Waals surface area contributed by atoms with Crippen LogP contribution in [0.4, 0.5) is 23.2 Å². The van der Waals surface area contributed by atoms with E-state index in [0.717, 1.165) is 24.4 Å². The number of carbonyl (C=O) groups is 3. The van der Waals surface area contributed by atoms with Crippen molar-refractivity contribution in [2.75, 3.05) is 12.4 Å². The minimum Gasteiger partial charge on any atom is -0.354 e. The van der Waals surface area contributed by atoms with Crippen molar-refractivity contribution >= 4 is 35.0 Å². The highest BCUT2D eigenvalue weighted by molar-refractivity contribution is 6.31. The van der Waals surface area contributed by atoms with Crippen molar-refractivity contribution in [2.24, 2.45) is 0 Å². The summed E-state index contributed by atoms with van der Waals surface area (Å²) in [5.74, 6) is -2.75. The number of halogens is 5. The molecular formula is C22H16ClF4N5O3. The number of alkyl halides is 3. The molecule has 0 saturated heterocycles. The number of pyridine rings is 1. The van der Waals surface area contributed by atoms with Crippen molar-refractivity contribution in [1.29, 1.82) is 0 Å². The Labute approximate surface area is 200 Å². The first-order chi connectivity index (χ1) is 16.5. The zero-order valence-electron chi connectivity index (χ0n) is 17.8. The molecule has 182 valence electrons. The maximum absolute atomic E-state index is 14.0. The van der Waals surface area contributed by atoms with Crippen molar-refractivity contribution in [2.45, 2.75) is 18.8 Å². The first-order valence-electron chi connectivity index (χ1n) is 10.0. The van der Waals surface area contributed by atoms with E-state index in [0.29, 0.717) is 6.07 Å². The second kappa shape index (κ2) is 9.02. The molecule has 3 heterocycles. The number of amides is 3. The minimum atomic E-state index is -4.69. The summed E-state index contributed by atoms with van der Waals surface area (Å²) in [5.41, 5.74) is -1.28. The second-order valence-corrected chi connectivity index (χ2v) is 7.95. The number of carbonyl (C=O) groups excluding carboxylic acids is 3. The van der Waals surface area contributed by atoms with Crippen LogP contribution < -0.4 is 16.0 Å². The number of nitrogens with one attached hydrogen (secondary N) is 3. The van der Waals surface area contributed by atoms with Gasteiger partial charge in [0.15, 0.2) is 0 Å². The summed E-state index contributed by atoms with van der Waals surface area (Å²) in [6.45, 7) is -0.306. The zero-order chi connectivity index (χ0) is 25.5. The van der Waals surface area contributed by atoms with Crippen LogP contribution >= 0.6 is 11.6 Å². The molecule has 35 heavy (non-hydrogen) atoms. The minimum absolute atomic E-state index is 0.00172. The van der Waals surface area contributed by atoms with Gasteiger partial charge in [-0.15, -0.1) is 0 Å². The van der Waals surface area contributed by atoms with Crippen LogP contribution in [0.3, 0.4) is 0 Å². The number of hydrogen-bond donors (Lipinski definition) is 3. The molecule has 0 unspecified atom stereocenters. The SMILES string of the molecule is CNC(=O)c1cc(NC(=O)c2cc(C(F)(F)F)ccn2)c2n1CC(=O)N[C@@H]2c1cc(F)ccc1Cl. The maximum atomic E-state index is 14.0. The topological polar surface area (TPSA) is 105 Å². The molecule has 0 radical (unpaired) electrons. The average Bonchev–Trinajstić information content (AvgIpc) is 3.17. The molecule has 1 atom stereocenters. The van der Waals surface area contributed by atoms with E-state index in [1.807, 2.05) is 0 Å². The predicted molar refractivity (Wildman–Crippen MR) is 116 cm³/mol. The molecule has 0 saturated carbocycles. The highest BCUT2D eigenvalue weighted by Gasteiger charge is 2.35. The van der Waals surface area contributed by atoms with Gasteiger partial charge in [0.2, 0.25) is 5.91 Å².